The predicted octanol–water partition coefficient (Wildman–Crippen LogP) is 5.47. The molecule has 0 heterocycles. The summed E-state index contributed by atoms with van der Waals surface area (Å²) >= 11 is 0. The van der Waals surface area contributed by atoms with Crippen LogP contribution in [0.15, 0.2) is 71.4 Å². The molecule has 2 aliphatic rings. The lowest BCUT2D eigenvalue weighted by atomic mass is 9.92. The van der Waals surface area contributed by atoms with Crippen LogP contribution in [-0.4, -0.2) is 6.36 Å². The van der Waals surface area contributed by atoms with Crippen LogP contribution in [0.1, 0.15) is 24.8 Å². The largest absolute Gasteiger partial charge is 0.573 e. The highest BCUT2D eigenvalue weighted by Gasteiger charge is 2.31. The molecule has 122 valence electrons. The van der Waals surface area contributed by atoms with Gasteiger partial charge in [0.15, 0.2) is 0 Å². The summed E-state index contributed by atoms with van der Waals surface area (Å²) < 4.78 is 41.5. The van der Waals surface area contributed by atoms with Crippen molar-refractivity contribution < 1.29 is 17.9 Å². The fourth-order valence-corrected chi connectivity index (χ4v) is 2.67. The maximum atomic E-state index is 12.5. The van der Waals surface area contributed by atoms with E-state index in [2.05, 4.69) is 28.7 Å². The van der Waals surface area contributed by atoms with Gasteiger partial charge in [0.2, 0.25) is 0 Å². The van der Waals surface area contributed by atoms with Gasteiger partial charge in [0.05, 0.1) is 5.56 Å². The molecule has 24 heavy (non-hydrogen) atoms. The summed E-state index contributed by atoms with van der Waals surface area (Å²) in [6, 6.07) is 5.92. The van der Waals surface area contributed by atoms with Crippen LogP contribution >= 0.6 is 0 Å². The van der Waals surface area contributed by atoms with Gasteiger partial charge in [0, 0.05) is 5.57 Å². The van der Waals surface area contributed by atoms with Crippen molar-refractivity contribution >= 4 is 0 Å². The molecule has 0 radical (unpaired) electrons. The molecule has 0 aliphatic heterocycles. The fourth-order valence-electron chi connectivity index (χ4n) is 2.67. The molecule has 0 amide bonds. The third-order valence-electron chi connectivity index (χ3n) is 3.73. The van der Waals surface area contributed by atoms with E-state index in [9.17, 15) is 13.2 Å². The van der Waals surface area contributed by atoms with Gasteiger partial charge in [-0.1, -0.05) is 48.3 Å². The number of ether oxygens (including phenoxy) is 1. The van der Waals surface area contributed by atoms with Crippen molar-refractivity contribution in [3.63, 3.8) is 0 Å². The number of allylic oxidation sites excluding steroid dienone is 8. The van der Waals surface area contributed by atoms with Crippen LogP contribution in [0.2, 0.25) is 0 Å². The van der Waals surface area contributed by atoms with Gasteiger partial charge in [-0.3, -0.25) is 0 Å². The van der Waals surface area contributed by atoms with Crippen LogP contribution in [0.4, 0.5) is 13.2 Å². The summed E-state index contributed by atoms with van der Waals surface area (Å²) in [5.41, 5.74) is 3.32. The van der Waals surface area contributed by atoms with E-state index in [0.717, 1.165) is 30.4 Å². The molecule has 1 nitrogen and oxygen atoms in total. The molecule has 1 aromatic carbocycles. The molecule has 0 spiro atoms. The van der Waals surface area contributed by atoms with Crippen molar-refractivity contribution in [3.05, 3.63) is 76.9 Å². The quantitative estimate of drug-likeness (QED) is 0.621. The second kappa shape index (κ2) is 6.84. The Bertz CT molecular complexity index is 811. The molecule has 0 atom stereocenters. The van der Waals surface area contributed by atoms with Gasteiger partial charge in [-0.05, 0) is 48.6 Å². The highest BCUT2D eigenvalue weighted by atomic mass is 19.4. The third-order valence-corrected chi connectivity index (χ3v) is 3.73. The van der Waals surface area contributed by atoms with E-state index in [1.54, 1.807) is 6.07 Å². The maximum Gasteiger partial charge on any atom is 0.573 e. The minimum absolute atomic E-state index is 0.214. The lowest BCUT2D eigenvalue weighted by Crippen LogP contribution is -2.17. The standard InChI is InChI=1S/C20H15F3O/c21-20(22,23)24-19-12-6-4-10-17(19)14-13-16-9-2-1-7-15-8-3-5-11-18(15)16/h2,4-7,9-12H,1,3,8H2. The van der Waals surface area contributed by atoms with Gasteiger partial charge in [0.1, 0.15) is 5.75 Å². The third kappa shape index (κ3) is 3.99. The lowest BCUT2D eigenvalue weighted by Gasteiger charge is -2.13. The molecule has 0 saturated heterocycles. The van der Waals surface area contributed by atoms with Crippen LogP contribution in [-0.2, 0) is 0 Å². The lowest BCUT2D eigenvalue weighted by molar-refractivity contribution is -0.274. The SMILES string of the molecule is FC(F)(F)Oc1ccccc1C#CC1=C2C=CCCC2=CCC=C1. The second-order valence-corrected chi connectivity index (χ2v) is 5.43. The summed E-state index contributed by atoms with van der Waals surface area (Å²) in [6.07, 6.45) is 8.30. The van der Waals surface area contributed by atoms with Crippen LogP contribution in [0.3, 0.4) is 0 Å². The monoisotopic (exact) mass is 328 g/mol. The number of hydrogen-bond donors (Lipinski definition) is 0. The molecule has 0 saturated carbocycles. The normalized spacial score (nSPS) is 16.7. The van der Waals surface area contributed by atoms with Crippen molar-refractivity contribution in [3.8, 4) is 17.6 Å². The van der Waals surface area contributed by atoms with Crippen molar-refractivity contribution in [2.24, 2.45) is 0 Å². The molecule has 2 aliphatic carbocycles. The van der Waals surface area contributed by atoms with Crippen LogP contribution in [0.25, 0.3) is 0 Å². The highest BCUT2D eigenvalue weighted by molar-refractivity contribution is 5.59. The smallest absolute Gasteiger partial charge is 0.404 e. The number of rotatable bonds is 1. The summed E-state index contributed by atoms with van der Waals surface area (Å²) in [5, 5.41) is 0. The Labute approximate surface area is 138 Å². The zero-order valence-electron chi connectivity index (χ0n) is 12.9. The van der Waals surface area contributed by atoms with Crippen LogP contribution in [0.5, 0.6) is 5.75 Å². The van der Waals surface area contributed by atoms with Crippen LogP contribution < -0.4 is 4.74 Å². The zero-order chi connectivity index (χ0) is 17.0. The van der Waals surface area contributed by atoms with E-state index in [4.69, 9.17) is 0 Å². The molecule has 3 rings (SSSR count). The molecule has 0 fully saturated rings. The summed E-state index contributed by atoms with van der Waals surface area (Å²) in [4.78, 5) is 0. The number of hydrogen-bond acceptors (Lipinski definition) is 1. The Kier molecular flexibility index (Phi) is 4.61. The van der Waals surface area contributed by atoms with E-state index >= 15 is 0 Å². The minimum Gasteiger partial charge on any atom is -0.404 e. The molecule has 0 aromatic heterocycles. The highest BCUT2D eigenvalue weighted by Crippen LogP contribution is 2.29. The van der Waals surface area contributed by atoms with E-state index in [1.807, 2.05) is 18.2 Å². The van der Waals surface area contributed by atoms with Gasteiger partial charge in [-0.25, -0.2) is 0 Å². The molecule has 0 unspecified atom stereocenters. The Hall–Kier alpha value is -2.67. The van der Waals surface area contributed by atoms with Crippen molar-refractivity contribution in [1.82, 2.24) is 0 Å². The minimum atomic E-state index is -4.73. The van der Waals surface area contributed by atoms with Crippen LogP contribution in [0, 0.1) is 11.8 Å². The first-order valence-corrected chi connectivity index (χ1v) is 7.66. The molecular formula is C20H15F3O. The fraction of sp³-hybridized carbons (Fsp3) is 0.200. The number of fused-ring (bicyclic) bond motifs is 1. The molecule has 0 bridgehead atoms. The average Bonchev–Trinajstić information content (AvgIpc) is 2.75. The predicted molar refractivity (Wildman–Crippen MR) is 87.2 cm³/mol. The van der Waals surface area contributed by atoms with Gasteiger partial charge in [0.25, 0.3) is 0 Å². The first kappa shape index (κ1) is 16.2. The zero-order valence-corrected chi connectivity index (χ0v) is 12.9. The van der Waals surface area contributed by atoms with E-state index in [-0.39, 0.29) is 11.3 Å². The van der Waals surface area contributed by atoms with Gasteiger partial charge >= 0.3 is 6.36 Å². The molecule has 4 heteroatoms. The first-order chi connectivity index (χ1) is 11.5. The van der Waals surface area contributed by atoms with Crippen molar-refractivity contribution in [1.29, 1.82) is 0 Å². The van der Waals surface area contributed by atoms with Gasteiger partial charge < -0.3 is 4.74 Å². The maximum absolute atomic E-state index is 12.5. The number of halogens is 3. The van der Waals surface area contributed by atoms with Crippen molar-refractivity contribution in [2.45, 2.75) is 25.6 Å². The Morgan fingerprint density at radius 3 is 2.67 bits per heavy atom. The molecule has 0 N–H and O–H groups in total. The molecule has 1 aromatic rings. The Balaban J connectivity index is 1.98. The first-order valence-electron chi connectivity index (χ1n) is 7.66. The summed E-state index contributed by atoms with van der Waals surface area (Å²) in [7, 11) is 0. The van der Waals surface area contributed by atoms with Crippen molar-refractivity contribution in [2.75, 3.05) is 0 Å². The molecular weight excluding hydrogens is 313 g/mol. The Morgan fingerprint density at radius 1 is 1.00 bits per heavy atom. The topological polar surface area (TPSA) is 9.23 Å². The van der Waals surface area contributed by atoms with E-state index < -0.39 is 6.36 Å². The van der Waals surface area contributed by atoms with E-state index in [0.29, 0.717) is 0 Å². The number of benzene rings is 1. The van der Waals surface area contributed by atoms with E-state index in [1.165, 1.54) is 23.8 Å². The summed E-state index contributed by atoms with van der Waals surface area (Å²) in [5.74, 6) is 5.55. The number of alkyl halides is 3. The number of para-hydroxylation sites is 1. The summed E-state index contributed by atoms with van der Waals surface area (Å²) in [6.45, 7) is 0. The van der Waals surface area contributed by atoms with Gasteiger partial charge in [-0.2, -0.15) is 0 Å². The average molecular weight is 328 g/mol. The Morgan fingerprint density at radius 2 is 1.83 bits per heavy atom. The second-order valence-electron chi connectivity index (χ2n) is 5.43. The van der Waals surface area contributed by atoms with Gasteiger partial charge in [-0.15, -0.1) is 13.2 Å².